The Bertz CT molecular complexity index is 254. The Labute approximate surface area is 81.0 Å². The lowest BCUT2D eigenvalue weighted by Crippen LogP contribution is -2.14. The van der Waals surface area contributed by atoms with E-state index in [0.717, 1.165) is 0 Å². The molecule has 0 bridgehead atoms. The molecule has 0 fully saturated rings. The summed E-state index contributed by atoms with van der Waals surface area (Å²) in [5.41, 5.74) is 6.28. The minimum atomic E-state index is 0.0473. The van der Waals surface area contributed by atoms with E-state index in [0.29, 0.717) is 23.9 Å². The zero-order valence-corrected chi connectivity index (χ0v) is 8.50. The van der Waals surface area contributed by atoms with E-state index in [-0.39, 0.29) is 6.10 Å². The molecule has 5 nitrogen and oxygen atoms in total. The maximum atomic E-state index is 5.58. The Hall–Kier alpha value is -0.720. The van der Waals surface area contributed by atoms with Gasteiger partial charge in [-0.05, 0) is 6.92 Å². The van der Waals surface area contributed by atoms with Crippen molar-refractivity contribution in [2.75, 3.05) is 19.5 Å². The number of nitrogen functional groups attached to an aromatic ring is 1. The average molecular weight is 203 g/mol. The highest BCUT2D eigenvalue weighted by atomic mass is 32.1. The summed E-state index contributed by atoms with van der Waals surface area (Å²) in [4.78, 5) is 0. The number of ether oxygens (including phenoxy) is 2. The summed E-state index contributed by atoms with van der Waals surface area (Å²) < 4.78 is 14.0. The lowest BCUT2D eigenvalue weighted by Gasteiger charge is -2.10. The molecular weight excluding hydrogens is 190 g/mol. The van der Waals surface area contributed by atoms with Crippen molar-refractivity contribution in [3.8, 4) is 0 Å². The van der Waals surface area contributed by atoms with E-state index in [1.165, 1.54) is 11.5 Å². The number of methoxy groups -OCH3 is 1. The highest BCUT2D eigenvalue weighted by molar-refractivity contribution is 7.09. The molecule has 2 N–H and O–H groups in total. The third-order valence-corrected chi connectivity index (χ3v) is 2.09. The fourth-order valence-electron chi connectivity index (χ4n) is 0.820. The van der Waals surface area contributed by atoms with Crippen molar-refractivity contribution in [1.29, 1.82) is 0 Å². The number of nitrogens with zero attached hydrogens (tertiary/aromatic N) is 2. The third kappa shape index (κ3) is 3.25. The molecule has 74 valence electrons. The topological polar surface area (TPSA) is 70.3 Å². The molecule has 0 aliphatic rings. The van der Waals surface area contributed by atoms with Crippen LogP contribution in [0.2, 0.25) is 0 Å². The Morgan fingerprint density at radius 3 is 2.92 bits per heavy atom. The van der Waals surface area contributed by atoms with Gasteiger partial charge in [-0.2, -0.15) is 0 Å². The SMILES string of the molecule is COCC(C)OCc1nnsc1N. The maximum Gasteiger partial charge on any atom is 0.133 e. The molecule has 1 rings (SSSR count). The molecule has 13 heavy (non-hydrogen) atoms. The van der Waals surface area contributed by atoms with E-state index in [9.17, 15) is 0 Å². The van der Waals surface area contributed by atoms with Crippen LogP contribution in [-0.4, -0.2) is 29.4 Å². The van der Waals surface area contributed by atoms with Crippen LogP contribution >= 0.6 is 11.5 Å². The minimum Gasteiger partial charge on any atom is -0.388 e. The molecule has 0 aliphatic heterocycles. The normalized spacial score (nSPS) is 13.1. The fraction of sp³-hybridized carbons (Fsp3) is 0.714. The number of nitrogens with two attached hydrogens (primary N) is 1. The van der Waals surface area contributed by atoms with Gasteiger partial charge in [0.05, 0.1) is 19.3 Å². The van der Waals surface area contributed by atoms with Gasteiger partial charge in [0.15, 0.2) is 0 Å². The first kappa shape index (κ1) is 10.4. The Morgan fingerprint density at radius 2 is 2.38 bits per heavy atom. The maximum absolute atomic E-state index is 5.58. The molecule has 1 heterocycles. The summed E-state index contributed by atoms with van der Waals surface area (Å²) in [6.07, 6.45) is 0.0473. The van der Waals surface area contributed by atoms with Gasteiger partial charge in [0.1, 0.15) is 10.7 Å². The molecule has 0 spiro atoms. The summed E-state index contributed by atoms with van der Waals surface area (Å²) in [5, 5.41) is 4.44. The lowest BCUT2D eigenvalue weighted by molar-refractivity contribution is -0.00115. The largest absolute Gasteiger partial charge is 0.388 e. The standard InChI is InChI=1S/C7H13N3O2S/c1-5(3-11-2)12-4-6-7(8)13-10-9-6/h5H,3-4,8H2,1-2H3. The van der Waals surface area contributed by atoms with Crippen molar-refractivity contribution < 1.29 is 9.47 Å². The quantitative estimate of drug-likeness (QED) is 0.761. The smallest absolute Gasteiger partial charge is 0.133 e. The molecule has 0 aliphatic carbocycles. The first-order valence-corrected chi connectivity index (χ1v) is 4.68. The van der Waals surface area contributed by atoms with Gasteiger partial charge in [-0.15, -0.1) is 5.10 Å². The molecular formula is C7H13N3O2S. The number of aromatic nitrogens is 2. The van der Waals surface area contributed by atoms with Crippen LogP contribution in [0.4, 0.5) is 5.00 Å². The van der Waals surface area contributed by atoms with Crippen molar-refractivity contribution in [1.82, 2.24) is 9.59 Å². The Kier molecular flexibility index (Phi) is 4.07. The number of hydrogen-bond acceptors (Lipinski definition) is 6. The van der Waals surface area contributed by atoms with Crippen molar-refractivity contribution >= 4 is 16.5 Å². The molecule has 1 atom stereocenters. The van der Waals surface area contributed by atoms with E-state index in [2.05, 4.69) is 9.59 Å². The second-order valence-electron chi connectivity index (χ2n) is 2.66. The van der Waals surface area contributed by atoms with Crippen LogP contribution in [0, 0.1) is 0 Å². The predicted octanol–water partition coefficient (Wildman–Crippen LogP) is 0.672. The van der Waals surface area contributed by atoms with Crippen molar-refractivity contribution in [2.45, 2.75) is 19.6 Å². The van der Waals surface area contributed by atoms with Crippen LogP contribution in [0.25, 0.3) is 0 Å². The second kappa shape index (κ2) is 5.11. The molecule has 0 saturated carbocycles. The van der Waals surface area contributed by atoms with Crippen LogP contribution in [0.3, 0.4) is 0 Å². The zero-order valence-electron chi connectivity index (χ0n) is 7.69. The fourth-order valence-corrected chi connectivity index (χ4v) is 1.25. The molecule has 6 heteroatoms. The van der Waals surface area contributed by atoms with E-state index in [1.54, 1.807) is 7.11 Å². The van der Waals surface area contributed by atoms with Crippen LogP contribution < -0.4 is 5.73 Å². The van der Waals surface area contributed by atoms with Gasteiger partial charge < -0.3 is 15.2 Å². The van der Waals surface area contributed by atoms with Gasteiger partial charge in [-0.25, -0.2) is 0 Å². The van der Waals surface area contributed by atoms with Gasteiger partial charge >= 0.3 is 0 Å². The van der Waals surface area contributed by atoms with Gasteiger partial charge in [0.25, 0.3) is 0 Å². The Balaban J connectivity index is 2.30. The van der Waals surface area contributed by atoms with Crippen molar-refractivity contribution in [3.05, 3.63) is 5.69 Å². The highest BCUT2D eigenvalue weighted by Crippen LogP contribution is 2.13. The van der Waals surface area contributed by atoms with Crippen LogP contribution in [0.5, 0.6) is 0 Å². The van der Waals surface area contributed by atoms with Crippen LogP contribution in [0.15, 0.2) is 0 Å². The highest BCUT2D eigenvalue weighted by Gasteiger charge is 2.07. The number of hydrogen-bond donors (Lipinski definition) is 1. The summed E-state index contributed by atoms with van der Waals surface area (Å²) in [6.45, 7) is 2.89. The number of anilines is 1. The third-order valence-electron chi connectivity index (χ3n) is 1.49. The second-order valence-corrected chi connectivity index (χ2v) is 3.45. The molecule has 1 aromatic rings. The monoisotopic (exact) mass is 203 g/mol. The van der Waals surface area contributed by atoms with Crippen molar-refractivity contribution in [2.24, 2.45) is 0 Å². The molecule has 0 radical (unpaired) electrons. The summed E-state index contributed by atoms with van der Waals surface area (Å²) in [5.74, 6) is 0. The average Bonchev–Trinajstić information content (AvgIpc) is 2.48. The van der Waals surface area contributed by atoms with Gasteiger partial charge in [-0.3, -0.25) is 0 Å². The lowest BCUT2D eigenvalue weighted by atomic mass is 10.4. The van der Waals surface area contributed by atoms with Gasteiger partial charge in [-0.1, -0.05) is 4.49 Å². The van der Waals surface area contributed by atoms with E-state index < -0.39 is 0 Å². The molecule has 1 aromatic heterocycles. The zero-order chi connectivity index (χ0) is 9.68. The first-order valence-electron chi connectivity index (χ1n) is 3.91. The molecule has 0 amide bonds. The van der Waals surface area contributed by atoms with Gasteiger partial charge in [0, 0.05) is 18.6 Å². The predicted molar refractivity (Wildman–Crippen MR) is 50.4 cm³/mol. The molecule has 0 aromatic carbocycles. The summed E-state index contributed by atoms with van der Waals surface area (Å²) in [6, 6.07) is 0. The molecule has 0 saturated heterocycles. The van der Waals surface area contributed by atoms with E-state index in [1.807, 2.05) is 6.92 Å². The van der Waals surface area contributed by atoms with Crippen LogP contribution in [-0.2, 0) is 16.1 Å². The van der Waals surface area contributed by atoms with Crippen LogP contribution in [0.1, 0.15) is 12.6 Å². The van der Waals surface area contributed by atoms with E-state index in [4.69, 9.17) is 15.2 Å². The van der Waals surface area contributed by atoms with Crippen molar-refractivity contribution in [3.63, 3.8) is 0 Å². The Morgan fingerprint density at radius 1 is 1.62 bits per heavy atom. The number of rotatable bonds is 5. The van der Waals surface area contributed by atoms with E-state index >= 15 is 0 Å². The molecule has 1 unspecified atom stereocenters. The summed E-state index contributed by atoms with van der Waals surface area (Å²) >= 11 is 1.17. The van der Waals surface area contributed by atoms with Gasteiger partial charge in [0.2, 0.25) is 0 Å². The first-order chi connectivity index (χ1) is 6.24. The minimum absolute atomic E-state index is 0.0473. The summed E-state index contributed by atoms with van der Waals surface area (Å²) in [7, 11) is 1.64.